The van der Waals surface area contributed by atoms with Crippen molar-refractivity contribution >= 4 is 11.9 Å². The van der Waals surface area contributed by atoms with Gasteiger partial charge in [0.15, 0.2) is 17.3 Å². The van der Waals surface area contributed by atoms with Crippen LogP contribution in [0.3, 0.4) is 0 Å². The third-order valence-corrected chi connectivity index (χ3v) is 5.60. The molecule has 0 bridgehead atoms. The summed E-state index contributed by atoms with van der Waals surface area (Å²) < 4.78 is 16.2. The zero-order valence-corrected chi connectivity index (χ0v) is 19.5. The summed E-state index contributed by atoms with van der Waals surface area (Å²) in [5.41, 5.74) is 1.32. The lowest BCUT2D eigenvalue weighted by molar-refractivity contribution is 0.0175. The number of carbonyl (C=O) groups excluding carboxylic acids is 2. The van der Waals surface area contributed by atoms with Gasteiger partial charge in [0.05, 0.1) is 14.2 Å². The molecule has 1 aliphatic heterocycles. The molecule has 30 heavy (non-hydrogen) atoms. The van der Waals surface area contributed by atoms with Crippen LogP contribution in [0.4, 0.5) is 4.79 Å². The fraction of sp³-hybridized carbons (Fsp3) is 0.667. The van der Waals surface area contributed by atoms with Gasteiger partial charge in [-0.2, -0.15) is 0 Å². The van der Waals surface area contributed by atoms with E-state index in [0.717, 1.165) is 36.8 Å². The molecule has 0 N–H and O–H groups in total. The number of fused-ring (bicyclic) bond motifs is 1. The number of carbonyl (C=O) groups is 2. The fourth-order valence-corrected chi connectivity index (χ4v) is 4.17. The summed E-state index contributed by atoms with van der Waals surface area (Å²) in [7, 11) is 3.19. The molecule has 1 unspecified atom stereocenters. The maximum Gasteiger partial charge on any atom is 0.410 e. The maximum absolute atomic E-state index is 12.9. The Morgan fingerprint density at radius 2 is 1.63 bits per heavy atom. The SMILES string of the molecule is CC.COc1cc2c(cc1OC)C(=O)C(CC1CCN(C(=O)OC(C)(C)C)CC1)C2. The quantitative estimate of drug-likeness (QED) is 0.677. The Balaban J connectivity index is 0.00000155. The molecule has 2 aliphatic rings. The lowest BCUT2D eigenvalue weighted by atomic mass is 9.85. The van der Waals surface area contributed by atoms with Crippen molar-refractivity contribution in [3.05, 3.63) is 23.3 Å². The Morgan fingerprint density at radius 3 is 2.17 bits per heavy atom. The maximum atomic E-state index is 12.9. The molecule has 1 amide bonds. The number of rotatable bonds is 4. The monoisotopic (exact) mass is 419 g/mol. The number of Topliss-reactive ketones (excluding diaryl/α,β-unsaturated/α-hetero) is 1. The second-order valence-electron chi connectivity index (χ2n) is 8.78. The fourth-order valence-electron chi connectivity index (χ4n) is 4.17. The van der Waals surface area contributed by atoms with Crippen LogP contribution in [0.25, 0.3) is 0 Å². The van der Waals surface area contributed by atoms with Crippen LogP contribution in [-0.2, 0) is 11.2 Å². The van der Waals surface area contributed by atoms with E-state index in [-0.39, 0.29) is 17.8 Å². The highest BCUT2D eigenvalue weighted by Gasteiger charge is 2.35. The van der Waals surface area contributed by atoms with Gasteiger partial charge in [-0.3, -0.25) is 4.79 Å². The van der Waals surface area contributed by atoms with E-state index in [4.69, 9.17) is 14.2 Å². The van der Waals surface area contributed by atoms with Gasteiger partial charge in [0, 0.05) is 24.6 Å². The molecule has 6 nitrogen and oxygen atoms in total. The van der Waals surface area contributed by atoms with Crippen LogP contribution in [0.15, 0.2) is 12.1 Å². The minimum Gasteiger partial charge on any atom is -0.493 e. The van der Waals surface area contributed by atoms with Gasteiger partial charge in [0.1, 0.15) is 5.60 Å². The molecule has 0 saturated carbocycles. The largest absolute Gasteiger partial charge is 0.493 e. The van der Waals surface area contributed by atoms with Gasteiger partial charge in [-0.05, 0) is 70.1 Å². The summed E-state index contributed by atoms with van der Waals surface area (Å²) in [6.45, 7) is 11.0. The summed E-state index contributed by atoms with van der Waals surface area (Å²) >= 11 is 0. The summed E-state index contributed by atoms with van der Waals surface area (Å²) in [4.78, 5) is 26.9. The molecule has 1 fully saturated rings. The molecule has 3 rings (SSSR count). The zero-order valence-electron chi connectivity index (χ0n) is 19.5. The van der Waals surface area contributed by atoms with Crippen molar-refractivity contribution in [1.29, 1.82) is 0 Å². The molecule has 1 heterocycles. The minimum atomic E-state index is -0.474. The molecular weight excluding hydrogens is 382 g/mol. The van der Waals surface area contributed by atoms with Crippen molar-refractivity contribution in [2.24, 2.45) is 11.8 Å². The minimum absolute atomic E-state index is 0.00453. The number of amides is 1. The molecule has 1 saturated heterocycles. The van der Waals surface area contributed by atoms with E-state index in [0.29, 0.717) is 30.5 Å². The number of benzene rings is 1. The van der Waals surface area contributed by atoms with Crippen LogP contribution < -0.4 is 9.47 Å². The zero-order chi connectivity index (χ0) is 22.5. The second kappa shape index (κ2) is 10.2. The molecule has 1 atom stereocenters. The Hall–Kier alpha value is -2.24. The summed E-state index contributed by atoms with van der Waals surface area (Å²) in [5, 5.41) is 0. The molecule has 1 aromatic rings. The number of likely N-dealkylation sites (tertiary alicyclic amines) is 1. The van der Waals surface area contributed by atoms with Gasteiger partial charge in [0.25, 0.3) is 0 Å². The van der Waals surface area contributed by atoms with E-state index in [9.17, 15) is 9.59 Å². The van der Waals surface area contributed by atoms with E-state index in [1.165, 1.54) is 0 Å². The van der Waals surface area contributed by atoms with Crippen molar-refractivity contribution in [2.75, 3.05) is 27.3 Å². The first-order valence-corrected chi connectivity index (χ1v) is 11.0. The van der Waals surface area contributed by atoms with Gasteiger partial charge in [-0.1, -0.05) is 13.8 Å². The average Bonchev–Trinajstić information content (AvgIpc) is 3.02. The molecule has 1 aromatic carbocycles. The van der Waals surface area contributed by atoms with Crippen LogP contribution in [0.2, 0.25) is 0 Å². The van der Waals surface area contributed by atoms with Gasteiger partial charge in [0.2, 0.25) is 0 Å². The lowest BCUT2D eigenvalue weighted by Gasteiger charge is -2.34. The average molecular weight is 420 g/mol. The Morgan fingerprint density at radius 1 is 1.07 bits per heavy atom. The van der Waals surface area contributed by atoms with Crippen molar-refractivity contribution in [3.63, 3.8) is 0 Å². The van der Waals surface area contributed by atoms with Gasteiger partial charge < -0.3 is 19.1 Å². The number of piperidine rings is 1. The predicted molar refractivity (Wildman–Crippen MR) is 118 cm³/mol. The Bertz CT molecular complexity index is 745. The standard InChI is InChI=1S/C22H31NO5.C2H6/c1-22(2,3)28-21(25)23-8-6-14(7-9-23)10-16-11-15-12-18(26-4)19(27-5)13-17(15)20(16)24;1-2/h12-14,16H,6-11H2,1-5H3;1-2H3. The second-order valence-corrected chi connectivity index (χ2v) is 8.78. The third-order valence-electron chi connectivity index (χ3n) is 5.60. The summed E-state index contributed by atoms with van der Waals surface area (Å²) in [5.74, 6) is 1.92. The molecule has 6 heteroatoms. The number of nitrogens with zero attached hydrogens (tertiary/aromatic N) is 1. The van der Waals surface area contributed by atoms with E-state index in [1.54, 1.807) is 19.1 Å². The first-order chi connectivity index (χ1) is 14.2. The first-order valence-electron chi connectivity index (χ1n) is 11.0. The highest BCUT2D eigenvalue weighted by molar-refractivity contribution is 6.02. The van der Waals surface area contributed by atoms with Gasteiger partial charge in [-0.25, -0.2) is 4.79 Å². The number of hydrogen-bond donors (Lipinski definition) is 0. The summed E-state index contributed by atoms with van der Waals surface area (Å²) in [6.07, 6.45) is 3.19. The first kappa shape index (κ1) is 24.0. The van der Waals surface area contributed by atoms with E-state index >= 15 is 0 Å². The predicted octanol–water partition coefficient (Wildman–Crippen LogP) is 5.12. The van der Waals surface area contributed by atoms with Crippen molar-refractivity contribution in [2.45, 2.75) is 65.9 Å². The van der Waals surface area contributed by atoms with E-state index < -0.39 is 5.60 Å². The lowest BCUT2D eigenvalue weighted by Crippen LogP contribution is -2.42. The van der Waals surface area contributed by atoms with Crippen LogP contribution >= 0.6 is 0 Å². The van der Waals surface area contributed by atoms with Crippen molar-refractivity contribution in [1.82, 2.24) is 4.90 Å². The number of ketones is 1. The molecule has 1 aliphatic carbocycles. The smallest absolute Gasteiger partial charge is 0.410 e. The van der Waals surface area contributed by atoms with Crippen LogP contribution in [-0.4, -0.2) is 49.7 Å². The van der Waals surface area contributed by atoms with Gasteiger partial charge in [-0.15, -0.1) is 0 Å². The van der Waals surface area contributed by atoms with E-state index in [2.05, 4.69) is 0 Å². The molecule has 168 valence electrons. The van der Waals surface area contributed by atoms with Crippen molar-refractivity contribution < 1.29 is 23.8 Å². The van der Waals surface area contributed by atoms with Crippen LogP contribution in [0.5, 0.6) is 11.5 Å². The molecule has 0 spiro atoms. The third kappa shape index (κ3) is 5.67. The highest BCUT2D eigenvalue weighted by Crippen LogP contribution is 2.39. The van der Waals surface area contributed by atoms with Crippen LogP contribution in [0, 0.1) is 11.8 Å². The van der Waals surface area contributed by atoms with Crippen molar-refractivity contribution in [3.8, 4) is 11.5 Å². The molecule has 0 radical (unpaired) electrons. The Labute approximate surface area is 180 Å². The molecule has 0 aromatic heterocycles. The number of hydrogen-bond acceptors (Lipinski definition) is 5. The van der Waals surface area contributed by atoms with Crippen LogP contribution in [0.1, 0.15) is 69.8 Å². The summed E-state index contributed by atoms with van der Waals surface area (Å²) in [6, 6.07) is 3.73. The van der Waals surface area contributed by atoms with Gasteiger partial charge >= 0.3 is 6.09 Å². The number of methoxy groups -OCH3 is 2. The highest BCUT2D eigenvalue weighted by atomic mass is 16.6. The topological polar surface area (TPSA) is 65.1 Å². The normalized spacial score (nSPS) is 19.0. The van der Waals surface area contributed by atoms with E-state index in [1.807, 2.05) is 46.8 Å². The number of ether oxygens (including phenoxy) is 3. The Kier molecular flexibility index (Phi) is 8.16. The molecular formula is C24H37NO5.